The number of aryl methyl sites for hydroxylation is 3. The standard InChI is InChI=1S/C17H26N4/c1-5-8-18-11-14-12-19-13(4)9-17(14)21-16(7-3)10-15(6-2)20-21/h9-10,12,18H,5-8,11H2,1-4H3. The first-order chi connectivity index (χ1) is 10.2. The minimum atomic E-state index is 0.834. The van der Waals surface area contributed by atoms with Gasteiger partial charge in [0, 0.05) is 29.7 Å². The van der Waals surface area contributed by atoms with Gasteiger partial charge in [0.25, 0.3) is 0 Å². The van der Waals surface area contributed by atoms with E-state index in [0.29, 0.717) is 0 Å². The van der Waals surface area contributed by atoms with E-state index in [2.05, 4.69) is 47.9 Å². The third kappa shape index (κ3) is 3.70. The van der Waals surface area contributed by atoms with E-state index in [-0.39, 0.29) is 0 Å². The smallest absolute Gasteiger partial charge is 0.0727 e. The molecular formula is C17H26N4. The lowest BCUT2D eigenvalue weighted by Crippen LogP contribution is -2.17. The second-order valence-corrected chi connectivity index (χ2v) is 5.38. The van der Waals surface area contributed by atoms with E-state index in [1.165, 1.54) is 11.3 Å². The zero-order valence-electron chi connectivity index (χ0n) is 13.6. The maximum atomic E-state index is 4.76. The molecule has 2 aromatic heterocycles. The minimum Gasteiger partial charge on any atom is -0.313 e. The monoisotopic (exact) mass is 286 g/mol. The van der Waals surface area contributed by atoms with Gasteiger partial charge in [0.2, 0.25) is 0 Å². The third-order valence-corrected chi connectivity index (χ3v) is 3.63. The Hall–Kier alpha value is -1.68. The predicted octanol–water partition coefficient (Wildman–Crippen LogP) is 3.20. The molecule has 4 nitrogen and oxygen atoms in total. The first kappa shape index (κ1) is 15.7. The molecular weight excluding hydrogens is 260 g/mol. The summed E-state index contributed by atoms with van der Waals surface area (Å²) in [6, 6.07) is 4.34. The zero-order valence-corrected chi connectivity index (χ0v) is 13.6. The SMILES string of the molecule is CCCNCc1cnc(C)cc1-n1nc(CC)cc1CC. The van der Waals surface area contributed by atoms with Gasteiger partial charge in [-0.15, -0.1) is 0 Å². The lowest BCUT2D eigenvalue weighted by Gasteiger charge is -2.13. The maximum Gasteiger partial charge on any atom is 0.0727 e. The number of pyridine rings is 1. The highest BCUT2D eigenvalue weighted by Gasteiger charge is 2.12. The molecule has 1 N–H and O–H groups in total. The second-order valence-electron chi connectivity index (χ2n) is 5.38. The molecule has 114 valence electrons. The Balaban J connectivity index is 2.41. The summed E-state index contributed by atoms with van der Waals surface area (Å²) < 4.78 is 2.09. The fourth-order valence-electron chi connectivity index (χ4n) is 2.42. The summed E-state index contributed by atoms with van der Waals surface area (Å²) in [5, 5.41) is 8.22. The van der Waals surface area contributed by atoms with E-state index in [1.54, 1.807) is 0 Å². The van der Waals surface area contributed by atoms with Crippen molar-refractivity contribution in [1.82, 2.24) is 20.1 Å². The van der Waals surface area contributed by atoms with E-state index in [4.69, 9.17) is 5.10 Å². The maximum absolute atomic E-state index is 4.76. The van der Waals surface area contributed by atoms with Gasteiger partial charge in [-0.2, -0.15) is 5.10 Å². The molecule has 0 aliphatic rings. The van der Waals surface area contributed by atoms with Gasteiger partial charge >= 0.3 is 0 Å². The summed E-state index contributed by atoms with van der Waals surface area (Å²) in [5.74, 6) is 0. The van der Waals surface area contributed by atoms with Gasteiger partial charge < -0.3 is 5.32 Å². The zero-order chi connectivity index (χ0) is 15.2. The van der Waals surface area contributed by atoms with E-state index in [0.717, 1.165) is 49.4 Å². The van der Waals surface area contributed by atoms with Crippen molar-refractivity contribution in [2.24, 2.45) is 0 Å². The van der Waals surface area contributed by atoms with E-state index >= 15 is 0 Å². The van der Waals surface area contributed by atoms with Crippen LogP contribution >= 0.6 is 0 Å². The Morgan fingerprint density at radius 1 is 1.14 bits per heavy atom. The van der Waals surface area contributed by atoms with E-state index in [9.17, 15) is 0 Å². The number of hydrogen-bond acceptors (Lipinski definition) is 3. The highest BCUT2D eigenvalue weighted by molar-refractivity contribution is 5.42. The van der Waals surface area contributed by atoms with E-state index in [1.807, 2.05) is 13.1 Å². The highest BCUT2D eigenvalue weighted by Crippen LogP contribution is 2.19. The average Bonchev–Trinajstić information content (AvgIpc) is 2.92. The van der Waals surface area contributed by atoms with Crippen LogP contribution in [-0.4, -0.2) is 21.3 Å². The molecule has 4 heteroatoms. The molecule has 2 aromatic rings. The number of aromatic nitrogens is 3. The molecule has 21 heavy (non-hydrogen) atoms. The Kier molecular flexibility index (Phi) is 5.51. The lowest BCUT2D eigenvalue weighted by molar-refractivity contribution is 0.665. The summed E-state index contributed by atoms with van der Waals surface area (Å²) in [6.45, 7) is 10.4. The van der Waals surface area contributed by atoms with Crippen LogP contribution < -0.4 is 5.32 Å². The molecule has 0 atom stereocenters. The van der Waals surface area contributed by atoms with Gasteiger partial charge in [-0.1, -0.05) is 20.8 Å². The minimum absolute atomic E-state index is 0.834. The largest absolute Gasteiger partial charge is 0.313 e. The van der Waals surface area contributed by atoms with Crippen LogP contribution in [0.5, 0.6) is 0 Å². The first-order valence-electron chi connectivity index (χ1n) is 7.94. The fourth-order valence-corrected chi connectivity index (χ4v) is 2.42. The summed E-state index contributed by atoms with van der Waals surface area (Å²) in [6.07, 6.45) is 5.06. The Bertz CT molecular complexity index is 586. The van der Waals surface area contributed by atoms with Gasteiger partial charge in [0.05, 0.1) is 11.4 Å². The van der Waals surface area contributed by atoms with Crippen molar-refractivity contribution < 1.29 is 0 Å². The summed E-state index contributed by atoms with van der Waals surface area (Å²) in [4.78, 5) is 4.45. The van der Waals surface area contributed by atoms with Crippen molar-refractivity contribution in [1.29, 1.82) is 0 Å². The van der Waals surface area contributed by atoms with Crippen LogP contribution in [0.15, 0.2) is 18.3 Å². The van der Waals surface area contributed by atoms with Gasteiger partial charge in [-0.05, 0) is 44.9 Å². The molecule has 0 aromatic carbocycles. The summed E-state index contributed by atoms with van der Waals surface area (Å²) >= 11 is 0. The summed E-state index contributed by atoms with van der Waals surface area (Å²) in [5.41, 5.74) is 5.79. The fraction of sp³-hybridized carbons (Fsp3) is 0.529. The Morgan fingerprint density at radius 2 is 1.95 bits per heavy atom. The van der Waals surface area contributed by atoms with Crippen molar-refractivity contribution in [3.05, 3.63) is 41.0 Å². The normalized spacial score (nSPS) is 11.0. The molecule has 0 saturated carbocycles. The average molecular weight is 286 g/mol. The Labute approximate surface area is 127 Å². The molecule has 0 bridgehead atoms. The first-order valence-corrected chi connectivity index (χ1v) is 7.94. The van der Waals surface area contributed by atoms with Crippen LogP contribution in [0.4, 0.5) is 0 Å². The topological polar surface area (TPSA) is 42.7 Å². The van der Waals surface area contributed by atoms with Crippen molar-refractivity contribution in [2.45, 2.75) is 53.5 Å². The second kappa shape index (κ2) is 7.36. The molecule has 0 saturated heterocycles. The Morgan fingerprint density at radius 3 is 2.62 bits per heavy atom. The third-order valence-electron chi connectivity index (χ3n) is 3.63. The molecule has 2 rings (SSSR count). The van der Waals surface area contributed by atoms with Gasteiger partial charge in [0.15, 0.2) is 0 Å². The summed E-state index contributed by atoms with van der Waals surface area (Å²) in [7, 11) is 0. The van der Waals surface area contributed by atoms with Crippen LogP contribution in [0.2, 0.25) is 0 Å². The quantitative estimate of drug-likeness (QED) is 0.795. The number of rotatable bonds is 7. The molecule has 0 aliphatic carbocycles. The molecule has 2 heterocycles. The molecule has 0 radical (unpaired) electrons. The molecule has 0 fully saturated rings. The predicted molar refractivity (Wildman–Crippen MR) is 86.8 cm³/mol. The highest BCUT2D eigenvalue weighted by atomic mass is 15.3. The molecule has 0 amide bonds. The van der Waals surface area contributed by atoms with Crippen molar-refractivity contribution in [3.63, 3.8) is 0 Å². The van der Waals surface area contributed by atoms with Crippen LogP contribution in [0.3, 0.4) is 0 Å². The van der Waals surface area contributed by atoms with E-state index < -0.39 is 0 Å². The molecule has 0 unspecified atom stereocenters. The number of hydrogen-bond donors (Lipinski definition) is 1. The van der Waals surface area contributed by atoms with Gasteiger partial charge in [0.1, 0.15) is 0 Å². The van der Waals surface area contributed by atoms with Gasteiger partial charge in [-0.25, -0.2) is 4.68 Å². The van der Waals surface area contributed by atoms with Crippen molar-refractivity contribution in [2.75, 3.05) is 6.54 Å². The van der Waals surface area contributed by atoms with Gasteiger partial charge in [-0.3, -0.25) is 4.98 Å². The number of nitrogens with zero attached hydrogens (tertiary/aromatic N) is 3. The van der Waals surface area contributed by atoms with Crippen LogP contribution in [-0.2, 0) is 19.4 Å². The van der Waals surface area contributed by atoms with Crippen LogP contribution in [0.1, 0.15) is 49.8 Å². The molecule has 0 aliphatic heterocycles. The van der Waals surface area contributed by atoms with Crippen LogP contribution in [0.25, 0.3) is 5.69 Å². The molecule has 0 spiro atoms. The van der Waals surface area contributed by atoms with Crippen LogP contribution in [0, 0.1) is 6.92 Å². The van der Waals surface area contributed by atoms with Crippen molar-refractivity contribution in [3.8, 4) is 5.69 Å². The lowest BCUT2D eigenvalue weighted by atomic mass is 10.2. The van der Waals surface area contributed by atoms with Crippen molar-refractivity contribution >= 4 is 0 Å². The number of nitrogens with one attached hydrogen (secondary N) is 1.